The molecule has 0 saturated carbocycles. The van der Waals surface area contributed by atoms with Crippen molar-refractivity contribution in [3.05, 3.63) is 12.2 Å². The number of carbonyl (C=O) groups excluding carboxylic acids is 1. The van der Waals surface area contributed by atoms with E-state index >= 15 is 0 Å². The molecule has 4 unspecified atom stereocenters. The van der Waals surface area contributed by atoms with E-state index in [1.54, 1.807) is 0 Å². The predicted molar refractivity (Wildman–Crippen MR) is 163 cm³/mol. The number of allylic oxidation sites excluding steroid dienone is 2. The van der Waals surface area contributed by atoms with Crippen molar-refractivity contribution in [1.82, 2.24) is 5.32 Å². The average Bonchev–Trinajstić information content (AvgIpc) is 2.92. The monoisotopic (exact) mass is 592 g/mol. The molecule has 0 aromatic heterocycles. The van der Waals surface area contributed by atoms with Crippen molar-refractivity contribution >= 4 is 13.7 Å². The number of aliphatic hydroxyl groups excluding tert-OH is 2. The zero-order chi connectivity index (χ0) is 29.9. The van der Waals surface area contributed by atoms with Gasteiger partial charge in [-0.2, -0.15) is 0 Å². The van der Waals surface area contributed by atoms with Crippen LogP contribution in [0.3, 0.4) is 0 Å². The highest BCUT2D eigenvalue weighted by Gasteiger charge is 2.28. The van der Waals surface area contributed by atoms with Gasteiger partial charge in [-0.15, -0.1) is 0 Å². The van der Waals surface area contributed by atoms with Crippen LogP contribution in [-0.2, 0) is 18.4 Å². The quantitative estimate of drug-likeness (QED) is 0.0386. The van der Waals surface area contributed by atoms with Gasteiger partial charge in [0.2, 0.25) is 5.91 Å². The summed E-state index contributed by atoms with van der Waals surface area (Å²) in [7, 11) is -4.35. The lowest BCUT2D eigenvalue weighted by atomic mass is 10.0. The Balaban J connectivity index is 4.49. The smallest absolute Gasteiger partial charge is 0.393 e. The molecular weight excluding hydrogens is 531 g/mol. The van der Waals surface area contributed by atoms with Crippen LogP contribution >= 0.6 is 7.82 Å². The lowest BCUT2D eigenvalue weighted by molar-refractivity contribution is -0.125. The first-order valence-corrected chi connectivity index (χ1v) is 17.4. The van der Waals surface area contributed by atoms with Gasteiger partial charge in [0.1, 0.15) is 0 Å². The third kappa shape index (κ3) is 25.0. The number of phosphoric ester groups is 1. The Bertz CT molecular complexity index is 666. The lowest BCUT2D eigenvalue weighted by Crippen LogP contribution is -2.47. The van der Waals surface area contributed by atoms with Gasteiger partial charge in [-0.25, -0.2) is 4.57 Å². The molecule has 0 saturated heterocycles. The molecule has 0 heterocycles. The van der Waals surface area contributed by atoms with Gasteiger partial charge in [0.25, 0.3) is 0 Å². The number of hydrogen-bond donors (Lipinski definition) is 5. The van der Waals surface area contributed by atoms with E-state index in [0.29, 0.717) is 12.8 Å². The summed E-state index contributed by atoms with van der Waals surface area (Å²) in [6, 6.07) is -0.897. The number of hydrogen-bond acceptors (Lipinski definition) is 7. The maximum atomic E-state index is 12.6. The number of nitrogens with two attached hydrogens (primary N) is 1. The molecule has 238 valence electrons. The Labute approximate surface area is 244 Å². The molecule has 0 aromatic rings. The molecule has 6 N–H and O–H groups in total. The van der Waals surface area contributed by atoms with Crippen molar-refractivity contribution in [3.8, 4) is 0 Å². The van der Waals surface area contributed by atoms with Crippen LogP contribution in [0.4, 0.5) is 0 Å². The van der Waals surface area contributed by atoms with Crippen molar-refractivity contribution in [2.75, 3.05) is 19.8 Å². The summed E-state index contributed by atoms with van der Waals surface area (Å²) in [4.78, 5) is 22.4. The van der Waals surface area contributed by atoms with Crippen molar-refractivity contribution in [2.24, 2.45) is 5.73 Å². The minimum absolute atomic E-state index is 0.0573. The molecule has 0 aromatic carbocycles. The highest BCUT2D eigenvalue weighted by atomic mass is 31.2. The van der Waals surface area contributed by atoms with Crippen molar-refractivity contribution in [2.45, 2.75) is 154 Å². The zero-order valence-corrected chi connectivity index (χ0v) is 26.3. The van der Waals surface area contributed by atoms with Crippen LogP contribution in [0.2, 0.25) is 0 Å². The minimum Gasteiger partial charge on any atom is -0.393 e. The summed E-state index contributed by atoms with van der Waals surface area (Å²) in [5.41, 5.74) is 5.31. The molecule has 0 radical (unpaired) electrons. The van der Waals surface area contributed by atoms with E-state index in [1.807, 2.05) is 0 Å². The van der Waals surface area contributed by atoms with Crippen LogP contribution in [0, 0.1) is 0 Å². The van der Waals surface area contributed by atoms with Gasteiger partial charge in [0.15, 0.2) is 0 Å². The van der Waals surface area contributed by atoms with Gasteiger partial charge in [-0.1, -0.05) is 103 Å². The van der Waals surface area contributed by atoms with Gasteiger partial charge in [0.05, 0.1) is 37.9 Å². The zero-order valence-electron chi connectivity index (χ0n) is 25.4. The molecule has 0 spiro atoms. The second-order valence-corrected chi connectivity index (χ2v) is 12.3. The maximum absolute atomic E-state index is 12.6. The summed E-state index contributed by atoms with van der Waals surface area (Å²) in [5, 5.41) is 23.8. The van der Waals surface area contributed by atoms with E-state index in [0.717, 1.165) is 44.9 Å². The summed E-state index contributed by atoms with van der Waals surface area (Å²) >= 11 is 0. The van der Waals surface area contributed by atoms with Crippen LogP contribution < -0.4 is 11.1 Å². The standard InChI is InChI=1S/C30H61N2O7P/c1-3-5-7-9-11-12-13-14-16-17-19-21-27(33)25-30(35)32-28(26-39-40(36,37)38-24-23-31)29(34)22-20-18-15-10-8-6-4-2/h14,16,27-29,33-34H,3-13,15,17-26,31H2,1-2H3,(H,32,35)(H,36,37)/b16-14-. The topological polar surface area (TPSA) is 151 Å². The number of amides is 1. The van der Waals surface area contributed by atoms with Crippen LogP contribution in [0.25, 0.3) is 0 Å². The Morgan fingerprint density at radius 2 is 1.38 bits per heavy atom. The molecule has 0 bridgehead atoms. The Morgan fingerprint density at radius 3 is 1.98 bits per heavy atom. The van der Waals surface area contributed by atoms with Crippen molar-refractivity contribution in [1.29, 1.82) is 0 Å². The van der Waals surface area contributed by atoms with Gasteiger partial charge in [-0.05, 0) is 38.5 Å². The molecule has 40 heavy (non-hydrogen) atoms. The van der Waals surface area contributed by atoms with E-state index in [2.05, 4.69) is 31.3 Å². The average molecular weight is 593 g/mol. The van der Waals surface area contributed by atoms with Crippen LogP contribution in [-0.4, -0.2) is 59.0 Å². The first kappa shape index (κ1) is 39.2. The molecule has 0 aliphatic heterocycles. The minimum atomic E-state index is -4.35. The van der Waals surface area contributed by atoms with Gasteiger partial charge < -0.3 is 26.2 Å². The molecule has 1 amide bonds. The Morgan fingerprint density at radius 1 is 0.825 bits per heavy atom. The Hall–Kier alpha value is -0.800. The number of nitrogens with one attached hydrogen (secondary N) is 1. The van der Waals surface area contributed by atoms with E-state index in [1.165, 1.54) is 57.8 Å². The number of aliphatic hydroxyl groups is 2. The fourth-order valence-corrected chi connectivity index (χ4v) is 5.23. The normalized spacial score (nSPS) is 15.7. The lowest BCUT2D eigenvalue weighted by Gasteiger charge is -2.25. The first-order valence-electron chi connectivity index (χ1n) is 15.9. The molecular formula is C30H61N2O7P. The van der Waals surface area contributed by atoms with E-state index in [-0.39, 0.29) is 26.2 Å². The number of carbonyl (C=O) groups is 1. The van der Waals surface area contributed by atoms with E-state index < -0.39 is 32.0 Å². The fourth-order valence-electron chi connectivity index (χ4n) is 4.47. The van der Waals surface area contributed by atoms with Crippen molar-refractivity contribution in [3.63, 3.8) is 0 Å². The third-order valence-corrected chi connectivity index (χ3v) is 7.91. The highest BCUT2D eigenvalue weighted by molar-refractivity contribution is 7.47. The van der Waals surface area contributed by atoms with E-state index in [9.17, 15) is 24.5 Å². The van der Waals surface area contributed by atoms with Gasteiger partial charge >= 0.3 is 7.82 Å². The molecule has 10 heteroatoms. The SMILES string of the molecule is CCCCCCCC/C=C\CCCC(O)CC(=O)NC(COP(=O)(O)OCCN)C(O)CCCCCCCCC. The summed E-state index contributed by atoms with van der Waals surface area (Å²) in [6.07, 6.45) is 21.4. The largest absolute Gasteiger partial charge is 0.472 e. The van der Waals surface area contributed by atoms with Gasteiger partial charge in [-0.3, -0.25) is 13.8 Å². The summed E-state index contributed by atoms with van der Waals surface area (Å²) in [6.45, 7) is 3.92. The van der Waals surface area contributed by atoms with Crippen LogP contribution in [0.1, 0.15) is 136 Å². The molecule has 0 rings (SSSR count). The number of unbranched alkanes of at least 4 members (excludes halogenated alkanes) is 13. The molecule has 9 nitrogen and oxygen atoms in total. The van der Waals surface area contributed by atoms with E-state index in [4.69, 9.17) is 14.8 Å². The van der Waals surface area contributed by atoms with Crippen LogP contribution in [0.5, 0.6) is 0 Å². The third-order valence-electron chi connectivity index (χ3n) is 6.92. The summed E-state index contributed by atoms with van der Waals surface area (Å²) < 4.78 is 21.8. The maximum Gasteiger partial charge on any atom is 0.472 e. The van der Waals surface area contributed by atoms with Crippen LogP contribution in [0.15, 0.2) is 12.2 Å². The molecule has 0 aliphatic rings. The number of phosphoric acid groups is 1. The fraction of sp³-hybridized carbons (Fsp3) is 0.900. The van der Waals surface area contributed by atoms with Gasteiger partial charge in [0, 0.05) is 6.54 Å². The predicted octanol–water partition coefficient (Wildman–Crippen LogP) is 6.29. The molecule has 4 atom stereocenters. The first-order chi connectivity index (χ1) is 19.3. The summed E-state index contributed by atoms with van der Waals surface area (Å²) in [5.74, 6) is -0.436. The second-order valence-electron chi connectivity index (χ2n) is 10.9. The Kier molecular flexibility index (Phi) is 26.5. The molecule has 0 fully saturated rings. The second kappa shape index (κ2) is 27.1. The van der Waals surface area contributed by atoms with Crippen molar-refractivity contribution < 1.29 is 33.5 Å². The molecule has 0 aliphatic carbocycles. The number of rotatable bonds is 29. The highest BCUT2D eigenvalue weighted by Crippen LogP contribution is 2.43.